The molecule has 122 valence electrons. The molecule has 1 heterocycles. The van der Waals surface area contributed by atoms with Crippen molar-refractivity contribution < 1.29 is 21.6 Å². The summed E-state index contributed by atoms with van der Waals surface area (Å²) in [6.45, 7) is 0. The zero-order chi connectivity index (χ0) is 16.7. The molecule has 5 nitrogen and oxygen atoms in total. The Hall–Kier alpha value is -2.10. The second-order valence-electron chi connectivity index (χ2n) is 4.99. The second kappa shape index (κ2) is 5.22. The van der Waals surface area contributed by atoms with Gasteiger partial charge in [0.25, 0.3) is 10.0 Å². The molecule has 3 rings (SSSR count). The molecule has 0 unspecified atom stereocenters. The van der Waals surface area contributed by atoms with Crippen LogP contribution in [0.15, 0.2) is 59.5 Å². The standard InChI is InChI=1S/C14H12F3N3O2S/c15-14(16,17)13(19-20-13)10-6-8-12(9-7-10)23(21,22)18-11-4-2-1-3-5-11/h1-9,18-20H. The number of hydrazine groups is 1. The van der Waals surface area contributed by atoms with Gasteiger partial charge in [-0.3, -0.25) is 4.72 Å². The lowest BCUT2D eigenvalue weighted by atomic mass is 10.0. The lowest BCUT2D eigenvalue weighted by molar-refractivity contribution is -0.165. The molecule has 0 saturated carbocycles. The summed E-state index contributed by atoms with van der Waals surface area (Å²) < 4.78 is 65.6. The normalized spacial score (nSPS) is 16.8. The molecular weight excluding hydrogens is 331 g/mol. The summed E-state index contributed by atoms with van der Waals surface area (Å²) in [5, 5.41) is 0. The van der Waals surface area contributed by atoms with Gasteiger partial charge in [0.1, 0.15) is 0 Å². The molecule has 3 N–H and O–H groups in total. The minimum atomic E-state index is -4.53. The van der Waals surface area contributed by atoms with Crippen LogP contribution in [0.2, 0.25) is 0 Å². The summed E-state index contributed by atoms with van der Waals surface area (Å²) in [4.78, 5) is -0.122. The Balaban J connectivity index is 1.85. The van der Waals surface area contributed by atoms with E-state index >= 15 is 0 Å². The van der Waals surface area contributed by atoms with E-state index in [1.54, 1.807) is 30.3 Å². The Morgan fingerprint density at radius 2 is 1.48 bits per heavy atom. The monoisotopic (exact) mass is 343 g/mol. The van der Waals surface area contributed by atoms with E-state index in [4.69, 9.17) is 0 Å². The first-order valence-corrected chi connectivity index (χ1v) is 8.02. The number of alkyl halides is 3. The molecule has 2 aromatic rings. The van der Waals surface area contributed by atoms with E-state index in [9.17, 15) is 21.6 Å². The number of rotatable bonds is 4. The molecule has 1 aliphatic heterocycles. The van der Waals surface area contributed by atoms with Crippen molar-refractivity contribution in [3.8, 4) is 0 Å². The van der Waals surface area contributed by atoms with Gasteiger partial charge in [-0.15, -0.1) is 0 Å². The van der Waals surface area contributed by atoms with Crippen molar-refractivity contribution in [2.75, 3.05) is 4.72 Å². The van der Waals surface area contributed by atoms with Crippen molar-refractivity contribution in [1.82, 2.24) is 10.9 Å². The van der Waals surface area contributed by atoms with Gasteiger partial charge in [-0.05, 0) is 29.8 Å². The quantitative estimate of drug-likeness (QED) is 0.743. The third kappa shape index (κ3) is 2.90. The molecular formula is C14H12F3N3O2S. The van der Waals surface area contributed by atoms with E-state index in [1.165, 1.54) is 0 Å². The first-order valence-electron chi connectivity index (χ1n) is 6.54. The highest BCUT2D eigenvalue weighted by molar-refractivity contribution is 7.92. The van der Waals surface area contributed by atoms with Crippen LogP contribution < -0.4 is 15.6 Å². The van der Waals surface area contributed by atoms with E-state index in [1.807, 2.05) is 0 Å². The van der Waals surface area contributed by atoms with E-state index in [0.29, 0.717) is 5.69 Å². The average molecular weight is 343 g/mol. The van der Waals surface area contributed by atoms with Crippen molar-refractivity contribution >= 4 is 15.7 Å². The Bertz CT molecular complexity index is 801. The molecule has 2 aromatic carbocycles. The number of sulfonamides is 1. The van der Waals surface area contributed by atoms with E-state index in [-0.39, 0.29) is 10.5 Å². The van der Waals surface area contributed by atoms with Crippen LogP contribution >= 0.6 is 0 Å². The fourth-order valence-electron chi connectivity index (χ4n) is 2.12. The molecule has 0 bridgehead atoms. The highest BCUT2D eigenvalue weighted by atomic mass is 32.2. The maximum atomic E-state index is 12.9. The van der Waals surface area contributed by atoms with Crippen molar-refractivity contribution in [2.45, 2.75) is 16.7 Å². The SMILES string of the molecule is O=S(=O)(Nc1ccccc1)c1ccc(C2(C(F)(F)F)NN2)cc1. The van der Waals surface area contributed by atoms with Crippen molar-refractivity contribution in [3.05, 3.63) is 60.2 Å². The van der Waals surface area contributed by atoms with Gasteiger partial charge in [0, 0.05) is 5.69 Å². The molecule has 1 aliphatic rings. The zero-order valence-electron chi connectivity index (χ0n) is 11.6. The van der Waals surface area contributed by atoms with Crippen molar-refractivity contribution in [2.24, 2.45) is 0 Å². The molecule has 0 spiro atoms. The van der Waals surface area contributed by atoms with Gasteiger partial charge in [-0.2, -0.15) is 13.2 Å². The van der Waals surface area contributed by atoms with Crippen molar-refractivity contribution in [3.63, 3.8) is 0 Å². The van der Waals surface area contributed by atoms with Crippen LogP contribution in [0.3, 0.4) is 0 Å². The summed E-state index contributed by atoms with van der Waals surface area (Å²) in [6, 6.07) is 12.7. The number of para-hydroxylation sites is 1. The number of hydrogen-bond acceptors (Lipinski definition) is 4. The highest BCUT2D eigenvalue weighted by Gasteiger charge is 2.65. The summed E-state index contributed by atoms with van der Waals surface area (Å²) in [6.07, 6.45) is -4.53. The van der Waals surface area contributed by atoms with Gasteiger partial charge < -0.3 is 0 Å². The maximum Gasteiger partial charge on any atom is 0.426 e. The first-order chi connectivity index (χ1) is 10.7. The van der Waals surface area contributed by atoms with Crippen LogP contribution in [0.5, 0.6) is 0 Å². The van der Waals surface area contributed by atoms with E-state index in [2.05, 4.69) is 15.6 Å². The van der Waals surface area contributed by atoms with Crippen LogP contribution in [0, 0.1) is 0 Å². The molecule has 23 heavy (non-hydrogen) atoms. The topological polar surface area (TPSA) is 90.0 Å². The van der Waals surface area contributed by atoms with Gasteiger partial charge in [0.2, 0.25) is 5.66 Å². The third-order valence-electron chi connectivity index (χ3n) is 3.42. The zero-order valence-corrected chi connectivity index (χ0v) is 12.4. The Kier molecular flexibility index (Phi) is 3.58. The number of benzene rings is 2. The Labute approximate surface area is 130 Å². The average Bonchev–Trinajstić information content (AvgIpc) is 3.29. The molecule has 0 radical (unpaired) electrons. The maximum absolute atomic E-state index is 12.9. The molecule has 0 aromatic heterocycles. The summed E-state index contributed by atoms with van der Waals surface area (Å²) in [5.41, 5.74) is 2.08. The predicted octanol–water partition coefficient (Wildman–Crippen LogP) is 2.31. The van der Waals surface area contributed by atoms with Crippen LogP contribution in [0.25, 0.3) is 0 Å². The summed E-state index contributed by atoms with van der Waals surface area (Å²) >= 11 is 0. The summed E-state index contributed by atoms with van der Waals surface area (Å²) in [5.74, 6) is 0. The second-order valence-corrected chi connectivity index (χ2v) is 6.68. The summed E-state index contributed by atoms with van der Waals surface area (Å²) in [7, 11) is -3.86. The Morgan fingerprint density at radius 1 is 0.913 bits per heavy atom. The lowest BCUT2D eigenvalue weighted by Gasteiger charge is -2.16. The van der Waals surface area contributed by atoms with Gasteiger partial charge in [-0.25, -0.2) is 19.3 Å². The van der Waals surface area contributed by atoms with Crippen LogP contribution in [-0.4, -0.2) is 14.6 Å². The van der Waals surface area contributed by atoms with Gasteiger partial charge in [0.05, 0.1) is 4.90 Å². The molecule has 9 heteroatoms. The smallest absolute Gasteiger partial charge is 0.280 e. The number of nitrogens with one attached hydrogen (secondary N) is 3. The van der Waals surface area contributed by atoms with E-state index in [0.717, 1.165) is 24.3 Å². The molecule has 0 aliphatic carbocycles. The molecule has 1 fully saturated rings. The van der Waals surface area contributed by atoms with Crippen molar-refractivity contribution in [1.29, 1.82) is 0 Å². The fraction of sp³-hybridized carbons (Fsp3) is 0.143. The minimum absolute atomic E-state index is 0.108. The van der Waals surface area contributed by atoms with Crippen LogP contribution in [-0.2, 0) is 15.7 Å². The third-order valence-corrected chi connectivity index (χ3v) is 4.82. The fourth-order valence-corrected chi connectivity index (χ4v) is 3.18. The molecule has 0 amide bonds. The number of anilines is 1. The largest absolute Gasteiger partial charge is 0.426 e. The predicted molar refractivity (Wildman–Crippen MR) is 77.7 cm³/mol. The highest BCUT2D eigenvalue weighted by Crippen LogP contribution is 2.42. The molecule has 0 atom stereocenters. The van der Waals surface area contributed by atoms with Gasteiger partial charge in [-0.1, -0.05) is 30.3 Å². The van der Waals surface area contributed by atoms with Gasteiger partial charge >= 0.3 is 6.18 Å². The lowest BCUT2D eigenvalue weighted by Crippen LogP contribution is -2.34. The number of halogens is 3. The van der Waals surface area contributed by atoms with E-state index < -0.39 is 21.9 Å². The number of hydrogen-bond donors (Lipinski definition) is 3. The Morgan fingerprint density at radius 3 is 1.96 bits per heavy atom. The van der Waals surface area contributed by atoms with Gasteiger partial charge in [0.15, 0.2) is 0 Å². The van der Waals surface area contributed by atoms with Crippen LogP contribution in [0.4, 0.5) is 18.9 Å². The minimum Gasteiger partial charge on any atom is -0.280 e. The molecule has 1 saturated heterocycles. The first kappa shape index (κ1) is 15.8. The van der Waals surface area contributed by atoms with Crippen LogP contribution in [0.1, 0.15) is 5.56 Å².